The molecule has 7 heteroatoms. The van der Waals surface area contributed by atoms with E-state index in [-0.39, 0.29) is 16.8 Å². The van der Waals surface area contributed by atoms with Crippen molar-refractivity contribution in [3.05, 3.63) is 58.3 Å². The summed E-state index contributed by atoms with van der Waals surface area (Å²) in [6.45, 7) is 2.41. The molecule has 0 aliphatic rings. The number of hydrogen-bond acceptors (Lipinski definition) is 3. The Morgan fingerprint density at radius 2 is 2.09 bits per heavy atom. The van der Waals surface area contributed by atoms with E-state index in [1.54, 1.807) is 30.3 Å². The van der Waals surface area contributed by atoms with Gasteiger partial charge in [-0.1, -0.05) is 6.07 Å². The molecule has 2 N–H and O–H groups in total. The third-order valence-electron chi connectivity index (χ3n) is 2.80. The van der Waals surface area contributed by atoms with E-state index in [0.29, 0.717) is 28.1 Å². The van der Waals surface area contributed by atoms with Crippen LogP contribution in [0.2, 0.25) is 0 Å². The number of rotatable bonds is 4. The maximum Gasteiger partial charge on any atom is 0.257 e. The molecule has 0 spiro atoms. The van der Waals surface area contributed by atoms with Crippen LogP contribution >= 0.6 is 28.1 Å². The van der Waals surface area contributed by atoms with E-state index in [1.807, 2.05) is 6.92 Å². The molecule has 0 atom stereocenters. The van der Waals surface area contributed by atoms with Crippen molar-refractivity contribution < 1.29 is 13.9 Å². The molecule has 0 radical (unpaired) electrons. The molecule has 0 unspecified atom stereocenters. The van der Waals surface area contributed by atoms with Gasteiger partial charge in [0.15, 0.2) is 5.11 Å². The molecule has 120 valence electrons. The van der Waals surface area contributed by atoms with E-state index < -0.39 is 0 Å². The van der Waals surface area contributed by atoms with E-state index in [9.17, 15) is 9.18 Å². The number of hydrogen-bond donors (Lipinski definition) is 2. The summed E-state index contributed by atoms with van der Waals surface area (Å²) < 4.78 is 19.2. The highest BCUT2D eigenvalue weighted by Gasteiger charge is 2.11. The van der Waals surface area contributed by atoms with Gasteiger partial charge in [-0.05, 0) is 71.5 Å². The zero-order valence-electron chi connectivity index (χ0n) is 12.2. The van der Waals surface area contributed by atoms with Crippen LogP contribution in [0.15, 0.2) is 46.9 Å². The number of carbonyl (C=O) groups is 1. The van der Waals surface area contributed by atoms with Gasteiger partial charge in [0, 0.05) is 11.3 Å². The van der Waals surface area contributed by atoms with Crippen molar-refractivity contribution in [3.8, 4) is 5.75 Å². The van der Waals surface area contributed by atoms with Gasteiger partial charge in [-0.2, -0.15) is 0 Å². The van der Waals surface area contributed by atoms with Crippen LogP contribution in [0.4, 0.5) is 10.1 Å². The van der Waals surface area contributed by atoms with Gasteiger partial charge in [0.2, 0.25) is 0 Å². The van der Waals surface area contributed by atoms with Gasteiger partial charge < -0.3 is 10.1 Å². The van der Waals surface area contributed by atoms with Crippen molar-refractivity contribution in [1.82, 2.24) is 5.32 Å². The van der Waals surface area contributed by atoms with Crippen molar-refractivity contribution in [2.75, 3.05) is 11.9 Å². The highest BCUT2D eigenvalue weighted by molar-refractivity contribution is 9.10. The first kappa shape index (κ1) is 17.4. The van der Waals surface area contributed by atoms with Crippen LogP contribution in [0.1, 0.15) is 17.3 Å². The number of ether oxygens (including phenoxy) is 1. The topological polar surface area (TPSA) is 50.4 Å². The molecular weight excluding hydrogens is 383 g/mol. The van der Waals surface area contributed by atoms with Crippen molar-refractivity contribution in [2.45, 2.75) is 6.92 Å². The first-order valence-corrected chi connectivity index (χ1v) is 8.00. The number of nitrogens with one attached hydrogen (secondary N) is 2. The molecule has 0 fully saturated rings. The van der Waals surface area contributed by atoms with Gasteiger partial charge >= 0.3 is 0 Å². The van der Waals surface area contributed by atoms with E-state index >= 15 is 0 Å². The van der Waals surface area contributed by atoms with Gasteiger partial charge in [-0.25, -0.2) is 4.39 Å². The fourth-order valence-corrected chi connectivity index (χ4v) is 2.52. The maximum absolute atomic E-state index is 13.1. The predicted molar refractivity (Wildman–Crippen MR) is 95.4 cm³/mol. The fourth-order valence-electron chi connectivity index (χ4n) is 1.82. The molecule has 0 heterocycles. The third-order valence-corrected chi connectivity index (χ3v) is 3.63. The number of thiocarbonyl (C=S) groups is 1. The predicted octanol–water partition coefficient (Wildman–Crippen LogP) is 4.11. The average Bonchev–Trinajstić information content (AvgIpc) is 2.49. The van der Waals surface area contributed by atoms with E-state index in [4.69, 9.17) is 17.0 Å². The Bertz CT molecular complexity index is 740. The monoisotopic (exact) mass is 396 g/mol. The molecule has 2 rings (SSSR count). The van der Waals surface area contributed by atoms with Gasteiger partial charge in [-0.3, -0.25) is 10.1 Å². The van der Waals surface area contributed by atoms with Crippen LogP contribution in [-0.2, 0) is 0 Å². The smallest absolute Gasteiger partial charge is 0.257 e. The first-order valence-electron chi connectivity index (χ1n) is 6.80. The van der Waals surface area contributed by atoms with Crippen LogP contribution < -0.4 is 15.4 Å². The lowest BCUT2D eigenvalue weighted by atomic mass is 10.2. The van der Waals surface area contributed by atoms with Gasteiger partial charge in [0.25, 0.3) is 5.91 Å². The Morgan fingerprint density at radius 1 is 1.30 bits per heavy atom. The molecular formula is C16H14BrFN2O2S. The molecule has 0 aromatic heterocycles. The quantitative estimate of drug-likeness (QED) is 0.763. The lowest BCUT2D eigenvalue weighted by Crippen LogP contribution is -2.34. The highest BCUT2D eigenvalue weighted by Crippen LogP contribution is 2.26. The van der Waals surface area contributed by atoms with Gasteiger partial charge in [0.05, 0.1) is 11.1 Å². The summed E-state index contributed by atoms with van der Waals surface area (Å²) >= 11 is 8.40. The molecule has 23 heavy (non-hydrogen) atoms. The summed E-state index contributed by atoms with van der Waals surface area (Å²) in [6, 6.07) is 10.8. The summed E-state index contributed by atoms with van der Waals surface area (Å²) in [4.78, 5) is 12.2. The average molecular weight is 397 g/mol. The molecule has 2 aromatic carbocycles. The number of amides is 1. The molecule has 0 saturated heterocycles. The zero-order chi connectivity index (χ0) is 16.8. The molecule has 4 nitrogen and oxygen atoms in total. The Kier molecular flexibility index (Phi) is 6.06. The van der Waals surface area contributed by atoms with E-state index in [2.05, 4.69) is 26.6 Å². The molecule has 0 saturated carbocycles. The van der Waals surface area contributed by atoms with Gasteiger partial charge in [-0.15, -0.1) is 0 Å². The Morgan fingerprint density at radius 3 is 2.74 bits per heavy atom. The summed E-state index contributed by atoms with van der Waals surface area (Å²) in [5.74, 6) is -0.105. The lowest BCUT2D eigenvalue weighted by Gasteiger charge is -2.11. The molecule has 0 aliphatic carbocycles. The van der Waals surface area contributed by atoms with Crippen LogP contribution in [0.5, 0.6) is 5.75 Å². The minimum atomic E-state index is -0.389. The van der Waals surface area contributed by atoms with Crippen LogP contribution in [0, 0.1) is 5.82 Å². The number of benzene rings is 2. The Balaban J connectivity index is 2.01. The minimum absolute atomic E-state index is 0.0885. The Labute approximate surface area is 147 Å². The molecule has 1 amide bonds. The standard InChI is InChI=1S/C16H14BrFN2O2S/c1-2-22-14-7-6-10(8-13(14)17)15(21)20-16(23)19-12-5-3-4-11(18)9-12/h3-9H,2H2,1H3,(H2,19,20,21,23). The Hall–Kier alpha value is -1.99. The maximum atomic E-state index is 13.1. The number of carbonyl (C=O) groups excluding carboxylic acids is 1. The van der Waals surface area contributed by atoms with Crippen LogP contribution in [0.25, 0.3) is 0 Å². The highest BCUT2D eigenvalue weighted by atomic mass is 79.9. The number of anilines is 1. The second-order valence-electron chi connectivity index (χ2n) is 4.50. The van der Waals surface area contributed by atoms with Crippen molar-refractivity contribution in [1.29, 1.82) is 0 Å². The van der Waals surface area contributed by atoms with Crippen molar-refractivity contribution in [2.24, 2.45) is 0 Å². The fraction of sp³-hybridized carbons (Fsp3) is 0.125. The molecule has 0 aliphatic heterocycles. The first-order chi connectivity index (χ1) is 11.0. The third kappa shape index (κ3) is 5.01. The largest absolute Gasteiger partial charge is 0.493 e. The summed E-state index contributed by atoms with van der Waals surface area (Å²) in [6.07, 6.45) is 0. The van der Waals surface area contributed by atoms with Gasteiger partial charge in [0.1, 0.15) is 11.6 Å². The van der Waals surface area contributed by atoms with Crippen molar-refractivity contribution >= 4 is 44.9 Å². The minimum Gasteiger partial charge on any atom is -0.493 e. The van der Waals surface area contributed by atoms with E-state index in [1.165, 1.54) is 12.1 Å². The lowest BCUT2D eigenvalue weighted by molar-refractivity contribution is 0.0977. The zero-order valence-corrected chi connectivity index (χ0v) is 14.6. The van der Waals surface area contributed by atoms with Crippen molar-refractivity contribution in [3.63, 3.8) is 0 Å². The van der Waals surface area contributed by atoms with Crippen LogP contribution in [-0.4, -0.2) is 17.6 Å². The second-order valence-corrected chi connectivity index (χ2v) is 5.76. The summed E-state index contributed by atoms with van der Waals surface area (Å²) in [5.41, 5.74) is 0.881. The summed E-state index contributed by atoms with van der Waals surface area (Å²) in [7, 11) is 0. The normalized spacial score (nSPS) is 10.0. The molecule has 0 bridgehead atoms. The number of halogens is 2. The second kappa shape index (κ2) is 8.03. The van der Waals surface area contributed by atoms with Crippen LogP contribution in [0.3, 0.4) is 0 Å². The van der Waals surface area contributed by atoms with E-state index in [0.717, 1.165) is 0 Å². The SMILES string of the molecule is CCOc1ccc(C(=O)NC(=S)Nc2cccc(F)c2)cc1Br. The summed E-state index contributed by atoms with van der Waals surface area (Å²) in [5, 5.41) is 5.38. The molecule has 2 aromatic rings.